The van der Waals surface area contributed by atoms with Crippen LogP contribution in [-0.2, 0) is 0 Å². The molecule has 0 saturated heterocycles. The van der Waals surface area contributed by atoms with E-state index in [0.29, 0.717) is 0 Å². The Kier molecular flexibility index (Phi) is 3.72. The van der Waals surface area contributed by atoms with E-state index in [9.17, 15) is 35.1 Å². The van der Waals surface area contributed by atoms with Gasteiger partial charge in [-0.05, 0) is 18.2 Å². The van der Waals surface area contributed by atoms with Crippen molar-refractivity contribution < 1.29 is 39.5 Å². The first-order chi connectivity index (χ1) is 12.2. The summed E-state index contributed by atoms with van der Waals surface area (Å²) >= 11 is 0. The van der Waals surface area contributed by atoms with Gasteiger partial charge in [0.15, 0.2) is 28.8 Å². The van der Waals surface area contributed by atoms with E-state index in [1.165, 1.54) is 6.07 Å². The highest BCUT2D eigenvalue weighted by Crippen LogP contribution is 2.43. The summed E-state index contributed by atoms with van der Waals surface area (Å²) in [6.07, 6.45) is -1.35. The van der Waals surface area contributed by atoms with Crippen LogP contribution >= 0.6 is 0 Å². The zero-order chi connectivity index (χ0) is 19.2. The molecule has 3 rings (SSSR count). The van der Waals surface area contributed by atoms with Crippen LogP contribution in [0.15, 0.2) is 33.5 Å². The molecule has 0 aliphatic carbocycles. The first kappa shape index (κ1) is 16.8. The van der Waals surface area contributed by atoms with Crippen LogP contribution in [-0.4, -0.2) is 31.6 Å². The zero-order valence-electron chi connectivity index (χ0n) is 12.8. The predicted molar refractivity (Wildman–Crippen MR) is 86.5 cm³/mol. The van der Waals surface area contributed by atoms with Gasteiger partial charge in [0.2, 0.25) is 16.9 Å². The lowest BCUT2D eigenvalue weighted by molar-refractivity contribution is 0.207. The number of hydrogen-bond acceptors (Lipinski definition) is 9. The van der Waals surface area contributed by atoms with Crippen molar-refractivity contribution in [2.24, 2.45) is 5.73 Å². The summed E-state index contributed by atoms with van der Waals surface area (Å²) in [7, 11) is 0. The van der Waals surface area contributed by atoms with E-state index in [-0.39, 0.29) is 16.9 Å². The van der Waals surface area contributed by atoms with Crippen LogP contribution < -0.4 is 15.9 Å². The number of phenolic OH excluding ortho intramolecular Hbond substituents is 4. The Labute approximate surface area is 143 Å². The SMILES string of the molecule is NC(=O)Oc1c(O)cc2oc(-c3ccc(O)c(O)c3)c(O)c(=O)c2c1O. The van der Waals surface area contributed by atoms with Gasteiger partial charge in [-0.2, -0.15) is 0 Å². The zero-order valence-corrected chi connectivity index (χ0v) is 12.8. The van der Waals surface area contributed by atoms with Crippen LogP contribution in [0.4, 0.5) is 4.79 Å². The molecule has 0 atom stereocenters. The van der Waals surface area contributed by atoms with Crippen LogP contribution in [0.2, 0.25) is 0 Å². The highest BCUT2D eigenvalue weighted by molar-refractivity contribution is 5.92. The van der Waals surface area contributed by atoms with Crippen LogP contribution in [0.1, 0.15) is 0 Å². The molecule has 0 radical (unpaired) electrons. The lowest BCUT2D eigenvalue weighted by Crippen LogP contribution is -2.16. The minimum absolute atomic E-state index is 0.0354. The third-order valence-corrected chi connectivity index (χ3v) is 3.51. The fraction of sp³-hybridized carbons (Fsp3) is 0. The molecule has 0 aliphatic rings. The summed E-state index contributed by atoms with van der Waals surface area (Å²) in [4.78, 5) is 23.3. The summed E-state index contributed by atoms with van der Waals surface area (Å²) in [6.45, 7) is 0. The van der Waals surface area contributed by atoms with Gasteiger partial charge >= 0.3 is 6.09 Å². The average Bonchev–Trinajstić information content (AvgIpc) is 2.57. The number of nitrogens with two attached hydrogens (primary N) is 1. The number of benzene rings is 2. The number of phenols is 4. The normalized spacial score (nSPS) is 10.8. The minimum Gasteiger partial charge on any atom is -0.504 e. The average molecular weight is 361 g/mol. The van der Waals surface area contributed by atoms with Crippen molar-refractivity contribution in [1.82, 2.24) is 0 Å². The molecule has 0 spiro atoms. The standard InChI is InChI=1S/C16H11NO9/c17-16(24)26-15-8(20)4-9-10(12(15)22)11(21)13(23)14(25-9)5-1-2-6(18)7(19)3-5/h1-4,18-20,22-23H,(H2,17,24). The van der Waals surface area contributed by atoms with Crippen molar-refractivity contribution in [3.63, 3.8) is 0 Å². The maximum absolute atomic E-state index is 12.4. The lowest BCUT2D eigenvalue weighted by atomic mass is 10.1. The molecular formula is C16H11NO9. The minimum atomic E-state index is -1.35. The van der Waals surface area contributed by atoms with Gasteiger partial charge < -0.3 is 40.4 Å². The van der Waals surface area contributed by atoms with Gasteiger partial charge in [0.25, 0.3) is 0 Å². The molecule has 3 aromatic rings. The second-order valence-electron chi connectivity index (χ2n) is 5.18. The van der Waals surface area contributed by atoms with Crippen molar-refractivity contribution in [1.29, 1.82) is 0 Å². The Morgan fingerprint density at radius 2 is 1.65 bits per heavy atom. The third-order valence-electron chi connectivity index (χ3n) is 3.51. The highest BCUT2D eigenvalue weighted by atomic mass is 16.6. The Balaban J connectivity index is 2.33. The lowest BCUT2D eigenvalue weighted by Gasteiger charge is -2.11. The largest absolute Gasteiger partial charge is 0.504 e. The summed E-state index contributed by atoms with van der Waals surface area (Å²) in [6, 6.07) is 4.26. The van der Waals surface area contributed by atoms with Crippen LogP contribution in [0, 0.1) is 0 Å². The number of rotatable bonds is 2. The van der Waals surface area contributed by atoms with Crippen molar-refractivity contribution in [3.05, 3.63) is 34.5 Å². The summed E-state index contributed by atoms with van der Waals surface area (Å²) in [5.41, 5.74) is 3.42. The van der Waals surface area contributed by atoms with Gasteiger partial charge in [-0.3, -0.25) is 4.79 Å². The van der Waals surface area contributed by atoms with Crippen LogP contribution in [0.25, 0.3) is 22.3 Å². The second kappa shape index (κ2) is 5.77. The first-order valence-electron chi connectivity index (χ1n) is 6.95. The van der Waals surface area contributed by atoms with Crippen LogP contribution in [0.5, 0.6) is 34.5 Å². The van der Waals surface area contributed by atoms with Gasteiger partial charge in [-0.25, -0.2) is 4.79 Å². The summed E-state index contributed by atoms with van der Waals surface area (Å²) in [5, 5.41) is 48.4. The summed E-state index contributed by atoms with van der Waals surface area (Å²) < 4.78 is 9.78. The van der Waals surface area contributed by atoms with Crippen molar-refractivity contribution in [3.8, 4) is 45.8 Å². The van der Waals surface area contributed by atoms with Crippen molar-refractivity contribution in [2.75, 3.05) is 0 Å². The molecule has 134 valence electrons. The quantitative estimate of drug-likeness (QED) is 0.368. The third kappa shape index (κ3) is 2.55. The molecule has 0 saturated carbocycles. The van der Waals surface area contributed by atoms with Gasteiger partial charge in [-0.15, -0.1) is 0 Å². The molecular weight excluding hydrogens is 350 g/mol. The fourth-order valence-corrected chi connectivity index (χ4v) is 2.35. The number of fused-ring (bicyclic) bond motifs is 1. The van der Waals surface area contributed by atoms with Gasteiger partial charge in [0.1, 0.15) is 11.0 Å². The molecule has 26 heavy (non-hydrogen) atoms. The highest BCUT2D eigenvalue weighted by Gasteiger charge is 2.24. The molecule has 0 unspecified atom stereocenters. The molecule has 1 heterocycles. The molecule has 10 heteroatoms. The smallest absolute Gasteiger partial charge is 0.410 e. The van der Waals surface area contributed by atoms with Gasteiger partial charge in [-0.1, -0.05) is 0 Å². The van der Waals surface area contributed by atoms with E-state index in [2.05, 4.69) is 4.74 Å². The van der Waals surface area contributed by atoms with E-state index in [1.54, 1.807) is 0 Å². The summed E-state index contributed by atoms with van der Waals surface area (Å²) in [5.74, 6) is -4.74. The monoisotopic (exact) mass is 361 g/mol. The van der Waals surface area contributed by atoms with E-state index in [1.807, 2.05) is 0 Å². The van der Waals surface area contributed by atoms with Gasteiger partial charge in [0.05, 0.1) is 0 Å². The second-order valence-corrected chi connectivity index (χ2v) is 5.18. The topological polar surface area (TPSA) is 184 Å². The fourth-order valence-electron chi connectivity index (χ4n) is 2.35. The van der Waals surface area contributed by atoms with E-state index >= 15 is 0 Å². The maximum atomic E-state index is 12.4. The molecule has 1 amide bonds. The Morgan fingerprint density at radius 1 is 0.962 bits per heavy atom. The number of aromatic hydroxyl groups is 5. The number of primary amides is 1. The number of hydrogen-bond donors (Lipinski definition) is 6. The maximum Gasteiger partial charge on any atom is 0.410 e. The number of carbonyl (C=O) groups excluding carboxylic acids is 1. The van der Waals surface area contributed by atoms with Crippen molar-refractivity contribution in [2.45, 2.75) is 0 Å². The molecule has 10 nitrogen and oxygen atoms in total. The molecule has 0 bridgehead atoms. The molecule has 0 aliphatic heterocycles. The predicted octanol–water partition coefficient (Wildman–Crippen LogP) is 1.45. The molecule has 7 N–H and O–H groups in total. The Hall–Kier alpha value is -4.08. The first-order valence-corrected chi connectivity index (χ1v) is 6.95. The van der Waals surface area contributed by atoms with E-state index < -0.39 is 51.4 Å². The molecule has 2 aromatic carbocycles. The number of carbonyl (C=O) groups is 1. The number of ether oxygens (including phenoxy) is 1. The van der Waals surface area contributed by atoms with E-state index in [4.69, 9.17) is 10.2 Å². The van der Waals surface area contributed by atoms with Crippen LogP contribution in [0.3, 0.4) is 0 Å². The molecule has 1 aromatic heterocycles. The number of amides is 1. The van der Waals surface area contributed by atoms with E-state index in [0.717, 1.165) is 18.2 Å². The van der Waals surface area contributed by atoms with Crippen molar-refractivity contribution >= 4 is 17.1 Å². The Morgan fingerprint density at radius 3 is 2.27 bits per heavy atom. The molecule has 0 fully saturated rings. The van der Waals surface area contributed by atoms with Gasteiger partial charge in [0, 0.05) is 11.6 Å². The Bertz CT molecular complexity index is 1120.